The maximum Gasteiger partial charge on any atom is 0.328 e. The number of rotatable bonds is 6. The number of fused-ring (bicyclic) bond motifs is 1. The van der Waals surface area contributed by atoms with Gasteiger partial charge in [0.05, 0.1) is 6.61 Å². The molecule has 2 aromatic rings. The van der Waals surface area contributed by atoms with Crippen LogP contribution in [0, 0.1) is 0 Å². The molecule has 2 rings (SSSR count). The molecular formula is C14H16N2O4. The zero-order valence-electron chi connectivity index (χ0n) is 11.1. The molecule has 6 nitrogen and oxygen atoms in total. The van der Waals surface area contributed by atoms with Gasteiger partial charge in [0.25, 0.3) is 0 Å². The fourth-order valence-corrected chi connectivity index (χ4v) is 2.14. The average molecular weight is 276 g/mol. The topological polar surface area (TPSA) is 91.4 Å². The molecule has 3 N–H and O–H groups in total. The van der Waals surface area contributed by atoms with Crippen LogP contribution in [0.2, 0.25) is 0 Å². The molecule has 0 radical (unpaired) electrons. The number of phenols is 1. The summed E-state index contributed by atoms with van der Waals surface area (Å²) in [6.45, 7) is 1.93. The number of hydrogen-bond acceptors (Lipinski definition) is 4. The summed E-state index contributed by atoms with van der Waals surface area (Å²) in [4.78, 5) is 25.4. The molecular weight excluding hydrogens is 260 g/mol. The van der Waals surface area contributed by atoms with Crippen molar-refractivity contribution in [1.82, 2.24) is 10.3 Å². The monoisotopic (exact) mass is 276 g/mol. The SMILES string of the molecule is CCOC(=O)C(Cc1c(O)ccc2[nH]ccc12)NC=O. The molecule has 0 spiro atoms. The van der Waals surface area contributed by atoms with Gasteiger partial charge in [-0.15, -0.1) is 0 Å². The summed E-state index contributed by atoms with van der Waals surface area (Å²) in [5.74, 6) is -0.439. The number of esters is 1. The minimum Gasteiger partial charge on any atom is -0.508 e. The van der Waals surface area contributed by atoms with Crippen molar-refractivity contribution >= 4 is 23.3 Å². The van der Waals surface area contributed by atoms with Gasteiger partial charge in [0.1, 0.15) is 11.8 Å². The summed E-state index contributed by atoms with van der Waals surface area (Å²) < 4.78 is 4.91. The van der Waals surface area contributed by atoms with Gasteiger partial charge < -0.3 is 20.1 Å². The van der Waals surface area contributed by atoms with E-state index in [2.05, 4.69) is 10.3 Å². The molecule has 1 heterocycles. The predicted octanol–water partition coefficient (Wildman–Crippen LogP) is 1.09. The molecule has 0 aliphatic rings. The van der Waals surface area contributed by atoms with Crippen LogP contribution >= 0.6 is 0 Å². The fourth-order valence-electron chi connectivity index (χ4n) is 2.14. The first-order valence-electron chi connectivity index (χ1n) is 6.31. The van der Waals surface area contributed by atoms with Crippen molar-refractivity contribution in [1.29, 1.82) is 0 Å². The van der Waals surface area contributed by atoms with Crippen LogP contribution in [0.15, 0.2) is 24.4 Å². The van der Waals surface area contributed by atoms with E-state index in [-0.39, 0.29) is 18.8 Å². The third-order valence-corrected chi connectivity index (χ3v) is 3.07. The van der Waals surface area contributed by atoms with Crippen LogP contribution in [0.4, 0.5) is 0 Å². The van der Waals surface area contributed by atoms with E-state index >= 15 is 0 Å². The summed E-state index contributed by atoms with van der Waals surface area (Å²) >= 11 is 0. The number of hydrogen-bond donors (Lipinski definition) is 3. The van der Waals surface area contributed by atoms with Crippen molar-refractivity contribution in [2.75, 3.05) is 6.61 Å². The highest BCUT2D eigenvalue weighted by Gasteiger charge is 2.22. The zero-order chi connectivity index (χ0) is 14.5. The van der Waals surface area contributed by atoms with Crippen LogP contribution in [0.5, 0.6) is 5.75 Å². The number of aromatic amines is 1. The lowest BCUT2D eigenvalue weighted by Gasteiger charge is -2.16. The maximum atomic E-state index is 11.8. The summed E-state index contributed by atoms with van der Waals surface area (Å²) in [6.07, 6.45) is 2.37. The number of benzene rings is 1. The van der Waals surface area contributed by atoms with Gasteiger partial charge in [-0.1, -0.05) is 0 Å². The van der Waals surface area contributed by atoms with E-state index in [0.29, 0.717) is 12.0 Å². The zero-order valence-corrected chi connectivity index (χ0v) is 11.1. The number of nitrogens with one attached hydrogen (secondary N) is 2. The molecule has 0 aliphatic carbocycles. The Balaban J connectivity index is 2.32. The van der Waals surface area contributed by atoms with Crippen LogP contribution in [0.1, 0.15) is 12.5 Å². The summed E-state index contributed by atoms with van der Waals surface area (Å²) in [7, 11) is 0. The number of aromatic nitrogens is 1. The molecule has 0 saturated heterocycles. The Kier molecular flexibility index (Phi) is 4.24. The Morgan fingerprint density at radius 2 is 2.30 bits per heavy atom. The fraction of sp³-hybridized carbons (Fsp3) is 0.286. The van der Waals surface area contributed by atoms with Crippen molar-refractivity contribution in [2.24, 2.45) is 0 Å². The van der Waals surface area contributed by atoms with Crippen molar-refractivity contribution < 1.29 is 19.4 Å². The van der Waals surface area contributed by atoms with Gasteiger partial charge in [0.15, 0.2) is 0 Å². The molecule has 20 heavy (non-hydrogen) atoms. The number of aromatic hydroxyl groups is 1. The highest BCUT2D eigenvalue weighted by atomic mass is 16.5. The van der Waals surface area contributed by atoms with Gasteiger partial charge in [-0.3, -0.25) is 4.79 Å². The molecule has 106 valence electrons. The Labute approximate surface area is 115 Å². The summed E-state index contributed by atoms with van der Waals surface area (Å²) in [5, 5.41) is 13.2. The standard InChI is InChI=1S/C14H16N2O4/c1-2-20-14(19)12(16-8-17)7-10-9-5-6-15-11(9)3-4-13(10)18/h3-6,8,12,15,18H,2,7H2,1H3,(H,16,17). The number of ether oxygens (including phenoxy) is 1. The lowest BCUT2D eigenvalue weighted by Crippen LogP contribution is -2.39. The molecule has 0 aliphatic heterocycles. The van der Waals surface area contributed by atoms with E-state index in [0.717, 1.165) is 10.9 Å². The van der Waals surface area contributed by atoms with Gasteiger partial charge in [-0.25, -0.2) is 4.79 Å². The first-order valence-corrected chi connectivity index (χ1v) is 6.31. The van der Waals surface area contributed by atoms with Gasteiger partial charge in [-0.2, -0.15) is 0 Å². The molecule has 1 amide bonds. The molecule has 0 fully saturated rings. The number of carbonyl (C=O) groups is 2. The van der Waals surface area contributed by atoms with Crippen LogP contribution in [-0.2, 0) is 20.7 Å². The Morgan fingerprint density at radius 3 is 3.00 bits per heavy atom. The Hall–Kier alpha value is -2.50. The Bertz CT molecular complexity index is 621. The van der Waals surface area contributed by atoms with E-state index in [4.69, 9.17) is 4.74 Å². The van der Waals surface area contributed by atoms with E-state index < -0.39 is 12.0 Å². The molecule has 6 heteroatoms. The van der Waals surface area contributed by atoms with Gasteiger partial charge in [0, 0.05) is 29.1 Å². The van der Waals surface area contributed by atoms with Gasteiger partial charge in [0.2, 0.25) is 6.41 Å². The first-order chi connectivity index (χ1) is 9.67. The first kappa shape index (κ1) is 13.9. The molecule has 0 bridgehead atoms. The Morgan fingerprint density at radius 1 is 1.50 bits per heavy atom. The maximum absolute atomic E-state index is 11.8. The van der Waals surface area contributed by atoms with Crippen LogP contribution < -0.4 is 5.32 Å². The lowest BCUT2D eigenvalue weighted by atomic mass is 10.0. The van der Waals surface area contributed by atoms with Crippen molar-refractivity contribution in [2.45, 2.75) is 19.4 Å². The second-order valence-electron chi connectivity index (χ2n) is 4.30. The van der Waals surface area contributed by atoms with Crippen molar-refractivity contribution in [3.05, 3.63) is 30.0 Å². The minimum absolute atomic E-state index is 0.0825. The third-order valence-electron chi connectivity index (χ3n) is 3.07. The highest BCUT2D eigenvalue weighted by molar-refractivity contribution is 5.87. The molecule has 0 saturated carbocycles. The second kappa shape index (κ2) is 6.10. The van der Waals surface area contributed by atoms with Crippen LogP contribution in [0.25, 0.3) is 10.9 Å². The minimum atomic E-state index is -0.821. The van der Waals surface area contributed by atoms with Gasteiger partial charge in [-0.05, 0) is 25.1 Å². The van der Waals surface area contributed by atoms with E-state index in [9.17, 15) is 14.7 Å². The van der Waals surface area contributed by atoms with E-state index in [1.165, 1.54) is 0 Å². The van der Waals surface area contributed by atoms with E-state index in [1.807, 2.05) is 6.07 Å². The second-order valence-corrected chi connectivity index (χ2v) is 4.30. The number of amides is 1. The average Bonchev–Trinajstić information content (AvgIpc) is 2.89. The third kappa shape index (κ3) is 2.74. The normalized spacial score (nSPS) is 12.1. The largest absolute Gasteiger partial charge is 0.508 e. The van der Waals surface area contributed by atoms with Gasteiger partial charge >= 0.3 is 5.97 Å². The van der Waals surface area contributed by atoms with Crippen molar-refractivity contribution in [3.8, 4) is 5.75 Å². The predicted molar refractivity (Wildman–Crippen MR) is 73.3 cm³/mol. The summed E-state index contributed by atoms with van der Waals surface area (Å²) in [5.41, 5.74) is 1.45. The molecule has 1 unspecified atom stereocenters. The molecule has 1 atom stereocenters. The quantitative estimate of drug-likeness (QED) is 0.544. The number of phenolic OH excluding ortho intramolecular Hbond substituents is 1. The number of carbonyl (C=O) groups excluding carboxylic acids is 2. The van der Waals surface area contributed by atoms with Crippen LogP contribution in [0.3, 0.4) is 0 Å². The van der Waals surface area contributed by atoms with E-state index in [1.54, 1.807) is 25.3 Å². The van der Waals surface area contributed by atoms with Crippen molar-refractivity contribution in [3.63, 3.8) is 0 Å². The highest BCUT2D eigenvalue weighted by Crippen LogP contribution is 2.27. The van der Waals surface area contributed by atoms with Crippen LogP contribution in [-0.4, -0.2) is 35.1 Å². The lowest BCUT2D eigenvalue weighted by molar-refractivity contribution is -0.146. The number of H-pyrrole nitrogens is 1. The molecule has 1 aromatic carbocycles. The molecule has 1 aromatic heterocycles. The smallest absolute Gasteiger partial charge is 0.328 e. The summed E-state index contributed by atoms with van der Waals surface area (Å²) in [6, 6.07) is 4.30.